The molecule has 3 saturated heterocycles. The predicted octanol–water partition coefficient (Wildman–Crippen LogP) is 4.22. The van der Waals surface area contributed by atoms with E-state index in [1.54, 1.807) is 6.08 Å². The Morgan fingerprint density at radius 2 is 1.57 bits per heavy atom. The number of rotatable bonds is 9. The molecule has 7 fully saturated rings. The molecule has 0 aromatic rings. The van der Waals surface area contributed by atoms with Crippen molar-refractivity contribution in [2.75, 3.05) is 20.8 Å². The van der Waals surface area contributed by atoms with Gasteiger partial charge in [0.05, 0.1) is 37.7 Å². The number of hydrogen-bond donors (Lipinski definition) is 3. The lowest BCUT2D eigenvalue weighted by Crippen LogP contribution is -2.66. The fourth-order valence-corrected chi connectivity index (χ4v) is 12.7. The van der Waals surface area contributed by atoms with Gasteiger partial charge in [-0.05, 0) is 94.3 Å². The first kappa shape index (κ1) is 40.8. The van der Waals surface area contributed by atoms with Crippen LogP contribution >= 0.6 is 0 Å². The molecular weight excluding hydrogens is 714 g/mol. The standard InChI is InChI=1S/C44H63N3O9/c1-4-24-45-39(49)34-36-42(52)56-37(28-15-9-6-10-16-28)35(27-13-7-5-8-14-27)47(36)38(29-19-21-30(48)22-20-29)44(34)32-25-26(18-23-33(32)46-43(44)53)12-11-17-31(40(50)54-2)41(51)55-3/h4,26-38,48H,1,5-10,13-25H2,2-3H3,(H,45,49)(H,46,53)/t26?,29?,30?,32?,33?,34-,35-,36-,37+,38+,44-/m1/s1. The molecule has 1 spiro atoms. The highest BCUT2D eigenvalue weighted by atomic mass is 16.6. The normalized spacial score (nSPS) is 37.7. The number of methoxy groups -OCH3 is 2. The molecule has 4 aliphatic carbocycles. The molecule has 3 aliphatic heterocycles. The summed E-state index contributed by atoms with van der Waals surface area (Å²) in [5.41, 5.74) is -1.25. The van der Waals surface area contributed by atoms with Gasteiger partial charge in [-0.1, -0.05) is 50.5 Å². The number of cyclic esters (lactones) is 1. The first-order valence-corrected chi connectivity index (χ1v) is 21.6. The van der Waals surface area contributed by atoms with Crippen molar-refractivity contribution in [3.05, 3.63) is 12.7 Å². The lowest BCUT2D eigenvalue weighted by Gasteiger charge is -2.54. The molecule has 56 heavy (non-hydrogen) atoms. The van der Waals surface area contributed by atoms with Crippen LogP contribution in [0.4, 0.5) is 0 Å². The first-order valence-electron chi connectivity index (χ1n) is 21.6. The van der Waals surface area contributed by atoms with Crippen molar-refractivity contribution in [3.63, 3.8) is 0 Å². The van der Waals surface area contributed by atoms with Crippen molar-refractivity contribution < 1.29 is 43.3 Å². The maximum atomic E-state index is 15.3. The number of aliphatic hydroxyl groups is 1. The minimum Gasteiger partial charge on any atom is -0.468 e. The first-order chi connectivity index (χ1) is 27.1. The van der Waals surface area contributed by atoms with Gasteiger partial charge in [-0.3, -0.25) is 28.9 Å². The SMILES string of the molecule is C=CCNC(=O)[C@H]1[C@@H]2C(=O)O[C@@H](C3CCCCC3)[C@@H](C3CCCCC3)N2[C@@H](C2CCC(O)CC2)[C@]12C(=O)NC1CCC(C#CCC(C(=O)OC)C(=O)OC)CC12. The Bertz CT molecular complexity index is 1540. The van der Waals surface area contributed by atoms with Crippen LogP contribution in [0.15, 0.2) is 12.7 Å². The summed E-state index contributed by atoms with van der Waals surface area (Å²) in [6.45, 7) is 4.05. The molecule has 0 aromatic heterocycles. The minimum absolute atomic E-state index is 0.0149. The molecule has 3 heterocycles. The van der Waals surface area contributed by atoms with E-state index in [9.17, 15) is 24.3 Å². The highest BCUT2D eigenvalue weighted by Crippen LogP contribution is 2.64. The molecule has 12 heteroatoms. The van der Waals surface area contributed by atoms with Crippen LogP contribution in [-0.2, 0) is 38.2 Å². The molecular formula is C44H63N3O9. The monoisotopic (exact) mass is 777 g/mol. The van der Waals surface area contributed by atoms with Gasteiger partial charge in [0.25, 0.3) is 0 Å². The fourth-order valence-electron chi connectivity index (χ4n) is 12.7. The Morgan fingerprint density at radius 3 is 2.20 bits per heavy atom. The van der Waals surface area contributed by atoms with E-state index in [-0.39, 0.29) is 78.5 Å². The average Bonchev–Trinajstić information content (AvgIpc) is 3.70. The van der Waals surface area contributed by atoms with E-state index in [0.29, 0.717) is 44.9 Å². The van der Waals surface area contributed by atoms with Crippen LogP contribution in [0.1, 0.15) is 116 Å². The van der Waals surface area contributed by atoms with Crippen LogP contribution in [0, 0.1) is 58.7 Å². The van der Waals surface area contributed by atoms with Crippen molar-refractivity contribution in [1.82, 2.24) is 15.5 Å². The van der Waals surface area contributed by atoms with Crippen molar-refractivity contribution in [1.29, 1.82) is 0 Å². The van der Waals surface area contributed by atoms with Gasteiger partial charge in [0.15, 0.2) is 5.92 Å². The zero-order valence-electron chi connectivity index (χ0n) is 33.4. The third-order valence-electron chi connectivity index (χ3n) is 15.0. The second kappa shape index (κ2) is 17.6. The molecule has 4 saturated carbocycles. The van der Waals surface area contributed by atoms with E-state index < -0.39 is 47.4 Å². The number of nitrogens with one attached hydrogen (secondary N) is 2. The maximum Gasteiger partial charge on any atom is 0.324 e. The second-order valence-corrected chi connectivity index (χ2v) is 17.9. The summed E-state index contributed by atoms with van der Waals surface area (Å²) in [4.78, 5) is 72.4. The molecule has 0 aromatic carbocycles. The Balaban J connectivity index is 1.35. The summed E-state index contributed by atoms with van der Waals surface area (Å²) in [5, 5.41) is 17.2. The van der Waals surface area contributed by atoms with Crippen LogP contribution in [-0.4, -0.2) is 96.9 Å². The smallest absolute Gasteiger partial charge is 0.324 e. The molecule has 0 bridgehead atoms. The Hall–Kier alpha value is -3.43. The molecule has 0 radical (unpaired) electrons. The number of fused-ring (bicyclic) bond motifs is 3. The van der Waals surface area contributed by atoms with Crippen molar-refractivity contribution in [2.24, 2.45) is 46.8 Å². The zero-order chi connectivity index (χ0) is 39.6. The highest BCUT2D eigenvalue weighted by Gasteiger charge is 2.77. The van der Waals surface area contributed by atoms with Crippen molar-refractivity contribution in [3.8, 4) is 11.8 Å². The third-order valence-corrected chi connectivity index (χ3v) is 15.0. The summed E-state index contributed by atoms with van der Waals surface area (Å²) >= 11 is 0. The number of aliphatic hydroxyl groups excluding tert-OH is 1. The predicted molar refractivity (Wildman–Crippen MR) is 206 cm³/mol. The number of morpholine rings is 1. The second-order valence-electron chi connectivity index (χ2n) is 17.9. The van der Waals surface area contributed by atoms with Crippen LogP contribution < -0.4 is 10.6 Å². The summed E-state index contributed by atoms with van der Waals surface area (Å²) in [6, 6.07) is -1.63. The van der Waals surface area contributed by atoms with Crippen LogP contribution in [0.25, 0.3) is 0 Å². The number of amides is 2. The van der Waals surface area contributed by atoms with E-state index in [2.05, 4.69) is 34.0 Å². The fraction of sp³-hybridized carbons (Fsp3) is 0.795. The number of nitrogens with zero attached hydrogens (tertiary/aromatic N) is 1. The van der Waals surface area contributed by atoms with Gasteiger partial charge in [-0.15, -0.1) is 12.5 Å². The number of ether oxygens (including phenoxy) is 3. The number of carbonyl (C=O) groups excluding carboxylic acids is 5. The van der Waals surface area contributed by atoms with Gasteiger partial charge in [0.2, 0.25) is 11.8 Å². The van der Waals surface area contributed by atoms with E-state index in [1.807, 2.05) is 0 Å². The molecule has 2 amide bonds. The summed E-state index contributed by atoms with van der Waals surface area (Å²) in [5.74, 6) is 2.01. The minimum atomic E-state index is -1.25. The number of carbonyl (C=O) groups is 5. The van der Waals surface area contributed by atoms with Gasteiger partial charge in [0.1, 0.15) is 12.1 Å². The largest absolute Gasteiger partial charge is 0.468 e. The number of hydrogen-bond acceptors (Lipinski definition) is 10. The molecule has 308 valence electrons. The van der Waals surface area contributed by atoms with Crippen molar-refractivity contribution >= 4 is 29.7 Å². The molecule has 3 N–H and O–H groups in total. The Morgan fingerprint density at radius 1 is 0.929 bits per heavy atom. The van der Waals surface area contributed by atoms with E-state index in [0.717, 1.165) is 51.4 Å². The zero-order valence-corrected chi connectivity index (χ0v) is 33.4. The van der Waals surface area contributed by atoms with E-state index in [1.165, 1.54) is 27.1 Å². The highest BCUT2D eigenvalue weighted by molar-refractivity contribution is 5.99. The molecule has 7 rings (SSSR count). The average molecular weight is 778 g/mol. The van der Waals surface area contributed by atoms with E-state index >= 15 is 4.79 Å². The van der Waals surface area contributed by atoms with Gasteiger partial charge in [-0.25, -0.2) is 0 Å². The third kappa shape index (κ3) is 7.40. The van der Waals surface area contributed by atoms with Gasteiger partial charge < -0.3 is 30.0 Å². The Labute approximate surface area is 332 Å². The summed E-state index contributed by atoms with van der Waals surface area (Å²) in [6.07, 6.45) is 16.2. The number of esters is 3. The van der Waals surface area contributed by atoms with Crippen LogP contribution in [0.2, 0.25) is 0 Å². The van der Waals surface area contributed by atoms with E-state index in [4.69, 9.17) is 14.2 Å². The molecule has 7 aliphatic rings. The molecule has 9 atom stereocenters. The maximum absolute atomic E-state index is 15.3. The van der Waals surface area contributed by atoms with Gasteiger partial charge >= 0.3 is 17.9 Å². The summed E-state index contributed by atoms with van der Waals surface area (Å²) < 4.78 is 16.4. The topological polar surface area (TPSA) is 161 Å². The van der Waals surface area contributed by atoms with Crippen LogP contribution in [0.3, 0.4) is 0 Å². The lowest BCUT2D eigenvalue weighted by atomic mass is 9.55. The molecule has 3 unspecified atom stereocenters. The van der Waals surface area contributed by atoms with Crippen molar-refractivity contribution in [2.45, 2.75) is 152 Å². The van der Waals surface area contributed by atoms with Crippen LogP contribution in [0.5, 0.6) is 0 Å². The van der Waals surface area contributed by atoms with Gasteiger partial charge in [-0.2, -0.15) is 0 Å². The van der Waals surface area contributed by atoms with Gasteiger partial charge in [0, 0.05) is 31.0 Å². The Kier molecular flexibility index (Phi) is 12.8. The lowest BCUT2D eigenvalue weighted by molar-refractivity contribution is -0.190. The quantitative estimate of drug-likeness (QED) is 0.102. The molecule has 12 nitrogen and oxygen atoms in total. The summed E-state index contributed by atoms with van der Waals surface area (Å²) in [7, 11) is 2.45.